The molecule has 2 nitrogen and oxygen atoms in total. The summed E-state index contributed by atoms with van der Waals surface area (Å²) in [6.07, 6.45) is 3.35. The number of alkyl halides is 1. The molecule has 1 aromatic heterocycles. The molecule has 0 N–H and O–H groups in total. The highest BCUT2D eigenvalue weighted by atomic mass is 79.9. The molecule has 0 saturated carbocycles. The second-order valence-electron chi connectivity index (χ2n) is 4.15. The molecule has 0 spiro atoms. The number of hydrogen-bond acceptors (Lipinski definition) is 1. The molecular formula is C12H21BrN2. The van der Waals surface area contributed by atoms with E-state index in [1.54, 1.807) is 0 Å². The van der Waals surface area contributed by atoms with Crippen LogP contribution in [0.2, 0.25) is 0 Å². The van der Waals surface area contributed by atoms with Crippen LogP contribution in [0.25, 0.3) is 0 Å². The molecule has 1 rings (SSSR count). The predicted molar refractivity (Wildman–Crippen MR) is 68.5 cm³/mol. The van der Waals surface area contributed by atoms with Crippen LogP contribution in [0.1, 0.15) is 38.6 Å². The molecule has 86 valence electrons. The first kappa shape index (κ1) is 12.8. The van der Waals surface area contributed by atoms with Crippen molar-refractivity contribution in [2.75, 3.05) is 0 Å². The van der Waals surface area contributed by atoms with Gasteiger partial charge in [0.1, 0.15) is 0 Å². The van der Waals surface area contributed by atoms with Crippen LogP contribution in [0, 0.1) is 5.92 Å². The molecule has 0 aliphatic carbocycles. The number of rotatable bonds is 5. The minimum atomic E-state index is 0.572. The maximum atomic E-state index is 4.48. The van der Waals surface area contributed by atoms with Crippen LogP contribution in [0.15, 0.2) is 6.07 Å². The molecule has 2 unspecified atom stereocenters. The molecule has 0 amide bonds. The van der Waals surface area contributed by atoms with Crippen molar-refractivity contribution in [2.24, 2.45) is 13.0 Å². The van der Waals surface area contributed by atoms with Gasteiger partial charge < -0.3 is 0 Å². The Bertz CT molecular complexity index is 305. The van der Waals surface area contributed by atoms with Crippen LogP contribution in [0.3, 0.4) is 0 Å². The molecule has 0 saturated heterocycles. The zero-order chi connectivity index (χ0) is 11.4. The molecule has 1 aromatic rings. The third kappa shape index (κ3) is 3.33. The summed E-state index contributed by atoms with van der Waals surface area (Å²) in [5, 5.41) is 4.48. The Morgan fingerprint density at radius 3 is 2.53 bits per heavy atom. The highest BCUT2D eigenvalue weighted by molar-refractivity contribution is 9.09. The van der Waals surface area contributed by atoms with Crippen LogP contribution in [-0.4, -0.2) is 14.6 Å². The fourth-order valence-corrected chi connectivity index (χ4v) is 2.40. The first-order valence-electron chi connectivity index (χ1n) is 5.74. The van der Waals surface area contributed by atoms with Gasteiger partial charge in [-0.3, -0.25) is 4.68 Å². The average Bonchev–Trinajstić information content (AvgIpc) is 2.55. The van der Waals surface area contributed by atoms with E-state index in [4.69, 9.17) is 0 Å². The first-order valence-corrected chi connectivity index (χ1v) is 6.65. The van der Waals surface area contributed by atoms with Gasteiger partial charge in [0, 0.05) is 17.6 Å². The molecule has 0 aliphatic heterocycles. The van der Waals surface area contributed by atoms with Crippen LogP contribution in [0.5, 0.6) is 0 Å². The van der Waals surface area contributed by atoms with E-state index in [1.807, 2.05) is 11.7 Å². The summed E-state index contributed by atoms with van der Waals surface area (Å²) in [5.74, 6) is 0.699. The Balaban J connectivity index is 2.74. The summed E-state index contributed by atoms with van der Waals surface area (Å²) < 4.78 is 2.02. The summed E-state index contributed by atoms with van der Waals surface area (Å²) in [4.78, 5) is 0.572. The third-order valence-corrected chi connectivity index (χ3v) is 3.78. The second kappa shape index (κ2) is 5.69. The van der Waals surface area contributed by atoms with Gasteiger partial charge in [0.15, 0.2) is 0 Å². The number of aromatic nitrogens is 2. The SMILES string of the molecule is CCc1cc(CC(CC)C(C)Br)n(C)n1. The number of hydrogen-bond donors (Lipinski definition) is 0. The van der Waals surface area contributed by atoms with Gasteiger partial charge >= 0.3 is 0 Å². The summed E-state index contributed by atoms with van der Waals surface area (Å²) in [5.41, 5.74) is 2.55. The van der Waals surface area contributed by atoms with Crippen molar-refractivity contribution in [2.45, 2.75) is 44.9 Å². The molecular weight excluding hydrogens is 252 g/mol. The summed E-state index contributed by atoms with van der Waals surface area (Å²) >= 11 is 3.68. The zero-order valence-corrected chi connectivity index (χ0v) is 11.7. The lowest BCUT2D eigenvalue weighted by Gasteiger charge is -2.17. The second-order valence-corrected chi connectivity index (χ2v) is 5.60. The molecule has 0 aromatic carbocycles. The Hall–Kier alpha value is -0.310. The van der Waals surface area contributed by atoms with E-state index in [2.05, 4.69) is 47.9 Å². The van der Waals surface area contributed by atoms with E-state index in [1.165, 1.54) is 17.8 Å². The van der Waals surface area contributed by atoms with Crippen molar-refractivity contribution in [1.29, 1.82) is 0 Å². The Kier molecular flexibility index (Phi) is 4.84. The molecule has 0 aliphatic rings. The predicted octanol–water partition coefficient (Wildman–Crippen LogP) is 3.33. The van der Waals surface area contributed by atoms with E-state index >= 15 is 0 Å². The highest BCUT2D eigenvalue weighted by Crippen LogP contribution is 2.21. The fraction of sp³-hybridized carbons (Fsp3) is 0.750. The maximum Gasteiger partial charge on any atom is 0.0624 e. The standard InChI is InChI=1S/C12H21BrN2/c1-5-10(9(3)13)7-12-8-11(6-2)14-15(12)4/h8-10H,5-7H2,1-4H3. The third-order valence-electron chi connectivity index (χ3n) is 3.03. The van der Waals surface area contributed by atoms with Crippen LogP contribution >= 0.6 is 15.9 Å². The van der Waals surface area contributed by atoms with Crippen LogP contribution in [0.4, 0.5) is 0 Å². The lowest BCUT2D eigenvalue weighted by atomic mass is 9.97. The molecule has 0 radical (unpaired) electrons. The molecule has 0 bridgehead atoms. The molecule has 0 fully saturated rings. The van der Waals surface area contributed by atoms with Crippen molar-refractivity contribution < 1.29 is 0 Å². The largest absolute Gasteiger partial charge is 0.272 e. The van der Waals surface area contributed by atoms with Gasteiger partial charge in [0.2, 0.25) is 0 Å². The van der Waals surface area contributed by atoms with Crippen molar-refractivity contribution in [3.63, 3.8) is 0 Å². The Labute approximate surface area is 101 Å². The lowest BCUT2D eigenvalue weighted by Crippen LogP contribution is -2.15. The summed E-state index contributed by atoms with van der Waals surface area (Å²) in [7, 11) is 2.04. The molecule has 1 heterocycles. The van der Waals surface area contributed by atoms with Gasteiger partial charge in [0.25, 0.3) is 0 Å². The molecule has 15 heavy (non-hydrogen) atoms. The topological polar surface area (TPSA) is 17.8 Å². The number of nitrogens with zero attached hydrogens (tertiary/aromatic N) is 2. The van der Waals surface area contributed by atoms with Gasteiger partial charge in [0.05, 0.1) is 5.69 Å². The van der Waals surface area contributed by atoms with Gasteiger partial charge in [-0.05, 0) is 24.8 Å². The fourth-order valence-electron chi connectivity index (χ4n) is 1.84. The van der Waals surface area contributed by atoms with E-state index in [0.717, 1.165) is 12.8 Å². The Morgan fingerprint density at radius 2 is 2.13 bits per heavy atom. The van der Waals surface area contributed by atoms with Gasteiger partial charge in [-0.1, -0.05) is 43.1 Å². The minimum Gasteiger partial charge on any atom is -0.272 e. The number of halogens is 1. The van der Waals surface area contributed by atoms with Crippen LogP contribution < -0.4 is 0 Å². The van der Waals surface area contributed by atoms with E-state index < -0.39 is 0 Å². The quantitative estimate of drug-likeness (QED) is 0.752. The normalized spacial score (nSPS) is 15.3. The molecule has 2 atom stereocenters. The van der Waals surface area contributed by atoms with Crippen molar-refractivity contribution in [3.8, 4) is 0 Å². The smallest absolute Gasteiger partial charge is 0.0624 e. The summed E-state index contributed by atoms with van der Waals surface area (Å²) in [6, 6.07) is 2.23. The van der Waals surface area contributed by atoms with Crippen molar-refractivity contribution in [1.82, 2.24) is 9.78 Å². The maximum absolute atomic E-state index is 4.48. The molecule has 3 heteroatoms. The Morgan fingerprint density at radius 1 is 1.47 bits per heavy atom. The van der Waals surface area contributed by atoms with Crippen molar-refractivity contribution >= 4 is 15.9 Å². The highest BCUT2D eigenvalue weighted by Gasteiger charge is 2.15. The van der Waals surface area contributed by atoms with Crippen molar-refractivity contribution in [3.05, 3.63) is 17.5 Å². The summed E-state index contributed by atoms with van der Waals surface area (Å²) in [6.45, 7) is 6.63. The van der Waals surface area contributed by atoms with E-state index in [-0.39, 0.29) is 0 Å². The van der Waals surface area contributed by atoms with E-state index in [9.17, 15) is 0 Å². The van der Waals surface area contributed by atoms with Gasteiger partial charge in [-0.15, -0.1) is 0 Å². The van der Waals surface area contributed by atoms with Gasteiger partial charge in [-0.25, -0.2) is 0 Å². The first-order chi connectivity index (χ1) is 7.08. The average molecular weight is 273 g/mol. The van der Waals surface area contributed by atoms with E-state index in [0.29, 0.717) is 10.7 Å². The zero-order valence-electron chi connectivity index (χ0n) is 10.1. The minimum absolute atomic E-state index is 0.572. The lowest BCUT2D eigenvalue weighted by molar-refractivity contribution is 0.489. The van der Waals surface area contributed by atoms with Crippen LogP contribution in [-0.2, 0) is 19.9 Å². The monoisotopic (exact) mass is 272 g/mol. The van der Waals surface area contributed by atoms with Gasteiger partial charge in [-0.2, -0.15) is 5.10 Å². The number of aryl methyl sites for hydroxylation is 2.